The maximum atomic E-state index is 8.90. The van der Waals surface area contributed by atoms with Gasteiger partial charge in [-0.05, 0) is 32.5 Å². The predicted molar refractivity (Wildman–Crippen MR) is 40.9 cm³/mol. The number of hydrogen-bond donors (Lipinski definition) is 3. The summed E-state index contributed by atoms with van der Waals surface area (Å²) < 4.78 is 0. The predicted octanol–water partition coefficient (Wildman–Crippen LogP) is -0.824. The van der Waals surface area contributed by atoms with Crippen LogP contribution in [0, 0.1) is 5.92 Å². The first kappa shape index (κ1) is 7.98. The number of hydrogen-bond acceptors (Lipinski definition) is 3. The lowest BCUT2D eigenvalue weighted by molar-refractivity contribution is 0.211. The van der Waals surface area contributed by atoms with Gasteiger partial charge in [-0.2, -0.15) is 0 Å². The highest BCUT2D eigenvalue weighted by molar-refractivity contribution is 4.81. The average molecular weight is 144 g/mol. The van der Waals surface area contributed by atoms with Gasteiger partial charge in [0.1, 0.15) is 0 Å². The Labute approximate surface area is 61.8 Å². The third-order valence-electron chi connectivity index (χ3n) is 2.23. The number of likely N-dealkylation sites (N-methyl/N-ethyl adjacent to an activating group) is 1. The molecule has 1 heterocycles. The molecule has 3 nitrogen and oxygen atoms in total. The van der Waals surface area contributed by atoms with Crippen molar-refractivity contribution in [2.24, 2.45) is 5.92 Å². The lowest BCUT2D eigenvalue weighted by atomic mass is 10.0. The van der Waals surface area contributed by atoms with Crippen LogP contribution in [-0.2, 0) is 0 Å². The van der Waals surface area contributed by atoms with E-state index in [0.717, 1.165) is 13.1 Å². The molecule has 0 aromatic carbocycles. The van der Waals surface area contributed by atoms with Crippen LogP contribution in [-0.4, -0.2) is 37.9 Å². The summed E-state index contributed by atoms with van der Waals surface area (Å²) >= 11 is 0. The number of aliphatic hydroxyl groups excluding tert-OH is 1. The fraction of sp³-hybridized carbons (Fsp3) is 1.00. The number of aliphatic hydroxyl groups is 1. The monoisotopic (exact) mass is 144 g/mol. The molecular weight excluding hydrogens is 128 g/mol. The van der Waals surface area contributed by atoms with Gasteiger partial charge < -0.3 is 15.7 Å². The molecule has 3 heteroatoms. The first-order valence-corrected chi connectivity index (χ1v) is 3.87. The minimum atomic E-state index is 0.253. The molecule has 0 aromatic rings. The van der Waals surface area contributed by atoms with Crippen molar-refractivity contribution < 1.29 is 5.11 Å². The second-order valence-corrected chi connectivity index (χ2v) is 2.83. The zero-order valence-corrected chi connectivity index (χ0v) is 6.43. The third kappa shape index (κ3) is 1.68. The normalized spacial score (nSPS) is 28.8. The minimum Gasteiger partial charge on any atom is -0.395 e. The van der Waals surface area contributed by atoms with Crippen LogP contribution in [0.2, 0.25) is 0 Å². The molecule has 0 spiro atoms. The Morgan fingerprint density at radius 2 is 2.60 bits per heavy atom. The van der Waals surface area contributed by atoms with Crippen LogP contribution in [0.5, 0.6) is 0 Å². The summed E-state index contributed by atoms with van der Waals surface area (Å²) in [6.45, 7) is 2.40. The van der Waals surface area contributed by atoms with Crippen molar-refractivity contribution >= 4 is 0 Å². The Morgan fingerprint density at radius 1 is 1.80 bits per heavy atom. The molecule has 1 aliphatic rings. The van der Waals surface area contributed by atoms with Crippen LogP contribution in [0.15, 0.2) is 0 Å². The molecule has 0 aliphatic carbocycles. The molecule has 1 saturated heterocycles. The Morgan fingerprint density at radius 3 is 3.00 bits per heavy atom. The van der Waals surface area contributed by atoms with Crippen LogP contribution < -0.4 is 10.6 Å². The van der Waals surface area contributed by atoms with E-state index in [1.165, 1.54) is 6.42 Å². The fourth-order valence-corrected chi connectivity index (χ4v) is 1.50. The van der Waals surface area contributed by atoms with Gasteiger partial charge in [0.2, 0.25) is 0 Å². The molecule has 0 bridgehead atoms. The van der Waals surface area contributed by atoms with Crippen LogP contribution >= 0.6 is 0 Å². The van der Waals surface area contributed by atoms with Crippen LogP contribution in [0.3, 0.4) is 0 Å². The van der Waals surface area contributed by atoms with Gasteiger partial charge in [-0.15, -0.1) is 0 Å². The summed E-state index contributed by atoms with van der Waals surface area (Å²) in [5.41, 5.74) is 0. The summed E-state index contributed by atoms with van der Waals surface area (Å²) in [5, 5.41) is 15.3. The molecule has 1 rings (SSSR count). The molecule has 10 heavy (non-hydrogen) atoms. The van der Waals surface area contributed by atoms with Crippen LogP contribution in [0.4, 0.5) is 0 Å². The maximum Gasteiger partial charge on any atom is 0.0587 e. The van der Waals surface area contributed by atoms with E-state index in [0.29, 0.717) is 5.92 Å². The smallest absolute Gasteiger partial charge is 0.0587 e. The van der Waals surface area contributed by atoms with Gasteiger partial charge in [0, 0.05) is 6.04 Å². The van der Waals surface area contributed by atoms with Gasteiger partial charge in [-0.1, -0.05) is 0 Å². The molecule has 0 unspecified atom stereocenters. The molecule has 2 atom stereocenters. The number of nitrogens with one attached hydrogen (secondary N) is 2. The average Bonchev–Trinajstić information content (AvgIpc) is 2.43. The van der Waals surface area contributed by atoms with Crippen LogP contribution in [0.1, 0.15) is 6.42 Å². The Kier molecular flexibility index (Phi) is 3.12. The fourth-order valence-electron chi connectivity index (χ4n) is 1.50. The molecule has 0 radical (unpaired) electrons. The molecule has 1 fully saturated rings. The Bertz CT molecular complexity index is 87.6. The van der Waals surface area contributed by atoms with Crippen molar-refractivity contribution in [1.82, 2.24) is 10.6 Å². The molecular formula is C7H16N2O. The van der Waals surface area contributed by atoms with E-state index in [1.54, 1.807) is 0 Å². The SMILES string of the molecule is CN[C@@H](CO)[C@@H]1CCNC1. The first-order valence-electron chi connectivity index (χ1n) is 3.87. The molecule has 0 aromatic heterocycles. The van der Waals surface area contributed by atoms with E-state index in [-0.39, 0.29) is 12.6 Å². The quantitative estimate of drug-likeness (QED) is 0.485. The van der Waals surface area contributed by atoms with Crippen molar-refractivity contribution in [3.63, 3.8) is 0 Å². The first-order chi connectivity index (χ1) is 4.88. The largest absolute Gasteiger partial charge is 0.395 e. The van der Waals surface area contributed by atoms with Crippen molar-refractivity contribution in [2.75, 3.05) is 26.7 Å². The highest BCUT2D eigenvalue weighted by atomic mass is 16.3. The van der Waals surface area contributed by atoms with E-state index >= 15 is 0 Å². The number of rotatable bonds is 3. The van der Waals surface area contributed by atoms with E-state index in [2.05, 4.69) is 10.6 Å². The summed E-state index contributed by atoms with van der Waals surface area (Å²) in [6.07, 6.45) is 1.19. The van der Waals surface area contributed by atoms with Crippen molar-refractivity contribution in [3.8, 4) is 0 Å². The molecule has 1 aliphatic heterocycles. The van der Waals surface area contributed by atoms with Gasteiger partial charge in [0.25, 0.3) is 0 Å². The third-order valence-corrected chi connectivity index (χ3v) is 2.23. The topological polar surface area (TPSA) is 44.3 Å². The Balaban J connectivity index is 2.29. The molecule has 0 amide bonds. The summed E-state index contributed by atoms with van der Waals surface area (Å²) in [7, 11) is 1.90. The van der Waals surface area contributed by atoms with E-state index in [9.17, 15) is 0 Å². The Hall–Kier alpha value is -0.120. The van der Waals surface area contributed by atoms with Crippen LogP contribution in [0.25, 0.3) is 0 Å². The van der Waals surface area contributed by atoms with Crippen molar-refractivity contribution in [2.45, 2.75) is 12.5 Å². The second-order valence-electron chi connectivity index (χ2n) is 2.83. The standard InChI is InChI=1S/C7H16N2O/c1-8-7(5-10)6-2-3-9-4-6/h6-10H,2-5H2,1H3/t6-,7+/m1/s1. The zero-order valence-electron chi connectivity index (χ0n) is 6.43. The summed E-state index contributed by atoms with van der Waals surface area (Å²) in [5.74, 6) is 0.620. The highest BCUT2D eigenvalue weighted by Gasteiger charge is 2.22. The van der Waals surface area contributed by atoms with Gasteiger partial charge >= 0.3 is 0 Å². The lowest BCUT2D eigenvalue weighted by Gasteiger charge is -2.19. The van der Waals surface area contributed by atoms with Gasteiger partial charge in [-0.25, -0.2) is 0 Å². The molecule has 60 valence electrons. The van der Waals surface area contributed by atoms with Gasteiger partial charge in [0.05, 0.1) is 6.61 Å². The van der Waals surface area contributed by atoms with Gasteiger partial charge in [-0.3, -0.25) is 0 Å². The van der Waals surface area contributed by atoms with E-state index in [4.69, 9.17) is 5.11 Å². The molecule has 0 saturated carbocycles. The van der Waals surface area contributed by atoms with Crippen molar-refractivity contribution in [3.05, 3.63) is 0 Å². The second kappa shape index (κ2) is 3.91. The van der Waals surface area contributed by atoms with E-state index in [1.807, 2.05) is 7.05 Å². The molecule has 3 N–H and O–H groups in total. The maximum absolute atomic E-state index is 8.90. The van der Waals surface area contributed by atoms with Gasteiger partial charge in [0.15, 0.2) is 0 Å². The minimum absolute atomic E-state index is 0.253. The highest BCUT2D eigenvalue weighted by Crippen LogP contribution is 2.11. The van der Waals surface area contributed by atoms with Crippen molar-refractivity contribution in [1.29, 1.82) is 0 Å². The summed E-state index contributed by atoms with van der Waals surface area (Å²) in [4.78, 5) is 0. The lowest BCUT2D eigenvalue weighted by Crippen LogP contribution is -2.37. The van der Waals surface area contributed by atoms with E-state index < -0.39 is 0 Å². The zero-order chi connectivity index (χ0) is 7.40. The summed E-state index contributed by atoms with van der Waals surface area (Å²) in [6, 6.07) is 0.287.